The van der Waals surface area contributed by atoms with E-state index in [1.54, 1.807) is 0 Å². The molecule has 1 aromatic carbocycles. The summed E-state index contributed by atoms with van der Waals surface area (Å²) in [6.07, 6.45) is 0.262. The van der Waals surface area contributed by atoms with Gasteiger partial charge in [0.25, 0.3) is 0 Å². The van der Waals surface area contributed by atoms with Crippen molar-refractivity contribution in [1.29, 1.82) is 0 Å². The van der Waals surface area contributed by atoms with Crippen molar-refractivity contribution in [3.8, 4) is 5.75 Å². The summed E-state index contributed by atoms with van der Waals surface area (Å²) in [7, 11) is 0. The van der Waals surface area contributed by atoms with Gasteiger partial charge in [0, 0.05) is 12.6 Å². The third-order valence-electron chi connectivity index (χ3n) is 3.06. The molecule has 0 aliphatic carbocycles. The number of ether oxygens (including phenoxy) is 1. The molecular formula is C16H27FIN3O2. The first-order valence-electron chi connectivity index (χ1n) is 7.66. The van der Waals surface area contributed by atoms with Crippen LogP contribution in [0.4, 0.5) is 4.39 Å². The molecule has 2 atom stereocenters. The van der Waals surface area contributed by atoms with E-state index < -0.39 is 6.10 Å². The molecule has 0 fully saturated rings. The van der Waals surface area contributed by atoms with E-state index in [2.05, 4.69) is 29.5 Å². The summed E-state index contributed by atoms with van der Waals surface area (Å²) >= 11 is 0. The number of hydrogen-bond acceptors (Lipinski definition) is 3. The maximum absolute atomic E-state index is 12.8. The van der Waals surface area contributed by atoms with E-state index in [4.69, 9.17) is 4.74 Å². The fourth-order valence-electron chi connectivity index (χ4n) is 1.63. The Morgan fingerprint density at radius 2 is 1.96 bits per heavy atom. The number of rotatable bonds is 8. The van der Waals surface area contributed by atoms with E-state index in [0.29, 0.717) is 17.8 Å². The third kappa shape index (κ3) is 9.60. The van der Waals surface area contributed by atoms with Crippen molar-refractivity contribution < 1.29 is 14.2 Å². The van der Waals surface area contributed by atoms with Gasteiger partial charge in [-0.1, -0.05) is 6.92 Å². The highest BCUT2D eigenvalue weighted by Crippen LogP contribution is 2.11. The molecule has 0 radical (unpaired) electrons. The molecule has 1 aromatic rings. The molecular weight excluding hydrogens is 412 g/mol. The molecule has 0 aromatic heterocycles. The first kappa shape index (κ1) is 21.9. The molecule has 0 amide bonds. The minimum absolute atomic E-state index is 0. The van der Waals surface area contributed by atoms with Crippen LogP contribution in [0, 0.1) is 5.82 Å². The molecule has 23 heavy (non-hydrogen) atoms. The quantitative estimate of drug-likeness (QED) is 0.331. The van der Waals surface area contributed by atoms with E-state index in [1.807, 2.05) is 6.92 Å². The van der Waals surface area contributed by atoms with Crippen LogP contribution in [0.1, 0.15) is 27.2 Å². The van der Waals surface area contributed by atoms with Gasteiger partial charge in [-0.05, 0) is 44.5 Å². The number of halogens is 2. The lowest BCUT2D eigenvalue weighted by Crippen LogP contribution is -2.42. The minimum Gasteiger partial charge on any atom is -0.491 e. The zero-order valence-corrected chi connectivity index (χ0v) is 16.2. The number of guanidine groups is 1. The second-order valence-corrected chi connectivity index (χ2v) is 5.09. The van der Waals surface area contributed by atoms with E-state index in [-0.39, 0.29) is 42.9 Å². The van der Waals surface area contributed by atoms with Crippen LogP contribution in [0.25, 0.3) is 0 Å². The van der Waals surface area contributed by atoms with Gasteiger partial charge in [0.15, 0.2) is 5.96 Å². The number of aliphatic hydroxyl groups is 1. The predicted molar refractivity (Wildman–Crippen MR) is 102 cm³/mol. The lowest BCUT2D eigenvalue weighted by atomic mass is 10.3. The number of nitrogens with one attached hydrogen (secondary N) is 2. The second-order valence-electron chi connectivity index (χ2n) is 5.09. The maximum Gasteiger partial charge on any atom is 0.191 e. The van der Waals surface area contributed by atoms with Crippen LogP contribution >= 0.6 is 24.0 Å². The monoisotopic (exact) mass is 439 g/mol. The molecule has 1 rings (SSSR count). The Kier molecular flexibility index (Phi) is 11.8. The fourth-order valence-corrected chi connectivity index (χ4v) is 1.63. The van der Waals surface area contributed by atoms with Gasteiger partial charge in [0.1, 0.15) is 24.3 Å². The second kappa shape index (κ2) is 12.3. The fraction of sp³-hybridized carbons (Fsp3) is 0.562. The number of nitrogens with zero attached hydrogens (tertiary/aromatic N) is 1. The highest BCUT2D eigenvalue weighted by molar-refractivity contribution is 14.0. The Morgan fingerprint density at radius 3 is 2.52 bits per heavy atom. The Morgan fingerprint density at radius 1 is 1.30 bits per heavy atom. The topological polar surface area (TPSA) is 65.9 Å². The molecule has 7 heteroatoms. The van der Waals surface area contributed by atoms with Gasteiger partial charge < -0.3 is 20.5 Å². The molecule has 2 unspecified atom stereocenters. The van der Waals surface area contributed by atoms with E-state index in [1.165, 1.54) is 24.3 Å². The Hall–Kier alpha value is -1.09. The van der Waals surface area contributed by atoms with Crippen LogP contribution in [-0.4, -0.2) is 42.9 Å². The molecule has 3 N–H and O–H groups in total. The first-order chi connectivity index (χ1) is 10.5. The summed E-state index contributed by atoms with van der Waals surface area (Å²) in [4.78, 5) is 4.33. The first-order valence-corrected chi connectivity index (χ1v) is 7.66. The summed E-state index contributed by atoms with van der Waals surface area (Å²) in [6, 6.07) is 6.00. The molecule has 0 saturated heterocycles. The van der Waals surface area contributed by atoms with Crippen molar-refractivity contribution in [1.82, 2.24) is 10.6 Å². The lowest BCUT2D eigenvalue weighted by molar-refractivity contribution is 0.114. The van der Waals surface area contributed by atoms with E-state index in [0.717, 1.165) is 13.0 Å². The van der Waals surface area contributed by atoms with Gasteiger partial charge in [-0.3, -0.25) is 4.99 Å². The molecule has 0 spiro atoms. The number of aliphatic imine (C=N–C) groups is 1. The van der Waals surface area contributed by atoms with E-state index in [9.17, 15) is 9.50 Å². The summed E-state index contributed by atoms with van der Waals surface area (Å²) in [5, 5.41) is 16.3. The Balaban J connectivity index is 0.00000484. The Labute approximate surface area is 154 Å². The van der Waals surface area contributed by atoms with Gasteiger partial charge in [0.05, 0.1) is 6.54 Å². The average molecular weight is 439 g/mol. The molecule has 5 nitrogen and oxygen atoms in total. The van der Waals surface area contributed by atoms with Crippen LogP contribution in [0.15, 0.2) is 29.3 Å². The predicted octanol–water partition coefficient (Wildman–Crippen LogP) is 2.54. The standard InChI is InChI=1S/C16H26FN3O2.HI/c1-4-12(3)20-16(18-5-2)19-10-14(21)11-22-15-8-6-13(17)7-9-15;/h6-9,12,14,21H,4-5,10-11H2,1-3H3,(H2,18,19,20);1H. The highest BCUT2D eigenvalue weighted by atomic mass is 127. The van der Waals surface area contributed by atoms with Gasteiger partial charge in [-0.2, -0.15) is 0 Å². The van der Waals surface area contributed by atoms with Crippen molar-refractivity contribution in [2.75, 3.05) is 19.7 Å². The van der Waals surface area contributed by atoms with Crippen LogP contribution in [-0.2, 0) is 0 Å². The summed E-state index contributed by atoms with van der Waals surface area (Å²) in [5.41, 5.74) is 0. The molecule has 0 aliphatic heterocycles. The SMILES string of the molecule is CCNC(=NCC(O)COc1ccc(F)cc1)NC(C)CC.I. The molecule has 0 heterocycles. The highest BCUT2D eigenvalue weighted by Gasteiger charge is 2.07. The van der Waals surface area contributed by atoms with Crippen molar-refractivity contribution in [3.63, 3.8) is 0 Å². The Bertz CT molecular complexity index is 457. The molecule has 0 bridgehead atoms. The molecule has 0 aliphatic rings. The zero-order chi connectivity index (χ0) is 16.4. The number of hydrogen-bond donors (Lipinski definition) is 3. The molecule has 132 valence electrons. The lowest BCUT2D eigenvalue weighted by Gasteiger charge is -2.17. The van der Waals surface area contributed by atoms with Crippen LogP contribution in [0.3, 0.4) is 0 Å². The van der Waals surface area contributed by atoms with Gasteiger partial charge in [0.2, 0.25) is 0 Å². The van der Waals surface area contributed by atoms with E-state index >= 15 is 0 Å². The largest absolute Gasteiger partial charge is 0.491 e. The average Bonchev–Trinajstić information content (AvgIpc) is 2.52. The van der Waals surface area contributed by atoms with Crippen molar-refractivity contribution in [3.05, 3.63) is 30.1 Å². The number of benzene rings is 1. The summed E-state index contributed by atoms with van der Waals surface area (Å²) in [6.45, 7) is 7.24. The van der Waals surface area contributed by atoms with Gasteiger partial charge in [-0.25, -0.2) is 4.39 Å². The third-order valence-corrected chi connectivity index (χ3v) is 3.06. The van der Waals surface area contributed by atoms with Crippen LogP contribution < -0.4 is 15.4 Å². The van der Waals surface area contributed by atoms with Crippen LogP contribution in [0.5, 0.6) is 5.75 Å². The number of aliphatic hydroxyl groups excluding tert-OH is 1. The summed E-state index contributed by atoms with van der Waals surface area (Å²) in [5.74, 6) is 0.885. The van der Waals surface area contributed by atoms with Crippen molar-refractivity contribution in [2.24, 2.45) is 4.99 Å². The normalized spacial score (nSPS) is 13.7. The zero-order valence-electron chi connectivity index (χ0n) is 13.9. The molecule has 0 saturated carbocycles. The minimum atomic E-state index is -0.725. The van der Waals surface area contributed by atoms with Crippen LogP contribution in [0.2, 0.25) is 0 Å². The van der Waals surface area contributed by atoms with Gasteiger partial charge >= 0.3 is 0 Å². The smallest absolute Gasteiger partial charge is 0.191 e. The van der Waals surface area contributed by atoms with Crippen molar-refractivity contribution in [2.45, 2.75) is 39.3 Å². The summed E-state index contributed by atoms with van der Waals surface area (Å²) < 4.78 is 18.2. The van der Waals surface area contributed by atoms with Gasteiger partial charge in [-0.15, -0.1) is 24.0 Å². The maximum atomic E-state index is 12.8. The van der Waals surface area contributed by atoms with Crippen molar-refractivity contribution >= 4 is 29.9 Å².